The predicted molar refractivity (Wildman–Crippen MR) is 69.2 cm³/mol. The predicted octanol–water partition coefficient (Wildman–Crippen LogP) is 2.34. The van der Waals surface area contributed by atoms with E-state index < -0.39 is 5.76 Å². The monoisotopic (exact) mass is 274 g/mol. The fourth-order valence-electron chi connectivity index (χ4n) is 1.24. The Labute approximate surface area is 109 Å². The fraction of sp³-hybridized carbons (Fsp3) is 0.417. The second kappa shape index (κ2) is 7.33. The molecular formula is C12H16F2N2OS. The lowest BCUT2D eigenvalue weighted by molar-refractivity contribution is 0.0950. The first-order valence-corrected chi connectivity index (χ1v) is 6.41. The zero-order valence-corrected chi connectivity index (χ0v) is 11.1. The van der Waals surface area contributed by atoms with Crippen LogP contribution in [0.4, 0.5) is 8.78 Å². The molecule has 18 heavy (non-hydrogen) atoms. The van der Waals surface area contributed by atoms with Crippen molar-refractivity contribution in [2.75, 3.05) is 13.6 Å². The molecule has 1 amide bonds. The van der Waals surface area contributed by atoms with Crippen LogP contribution in [0.15, 0.2) is 29.2 Å². The highest BCUT2D eigenvalue weighted by Gasteiger charge is 2.08. The number of thioether (sulfide) groups is 1. The molecule has 0 saturated heterocycles. The number of hydrogen-bond donors (Lipinski definition) is 2. The van der Waals surface area contributed by atoms with Gasteiger partial charge in [0.05, 0.1) is 0 Å². The number of hydrogen-bond acceptors (Lipinski definition) is 3. The smallest absolute Gasteiger partial charge is 0.288 e. The van der Waals surface area contributed by atoms with Crippen LogP contribution in [0.3, 0.4) is 0 Å². The Morgan fingerprint density at radius 2 is 1.94 bits per heavy atom. The van der Waals surface area contributed by atoms with E-state index in [1.54, 1.807) is 12.1 Å². The van der Waals surface area contributed by atoms with Gasteiger partial charge in [-0.2, -0.15) is 8.78 Å². The molecular weight excluding hydrogens is 258 g/mol. The number of nitrogens with one attached hydrogen (secondary N) is 2. The van der Waals surface area contributed by atoms with E-state index in [2.05, 4.69) is 10.6 Å². The number of alkyl halides is 2. The largest absolute Gasteiger partial charge is 0.350 e. The van der Waals surface area contributed by atoms with Gasteiger partial charge in [-0.15, -0.1) is 0 Å². The number of rotatable bonds is 6. The molecule has 1 aromatic carbocycles. The summed E-state index contributed by atoms with van der Waals surface area (Å²) in [5, 5.41) is 5.75. The third-order valence-electron chi connectivity index (χ3n) is 2.40. The lowest BCUT2D eigenvalue weighted by Crippen LogP contribution is -2.37. The quantitative estimate of drug-likeness (QED) is 0.782. The second-order valence-electron chi connectivity index (χ2n) is 3.80. The molecule has 0 heterocycles. The fourth-order valence-corrected chi connectivity index (χ4v) is 1.74. The van der Waals surface area contributed by atoms with E-state index in [1.165, 1.54) is 12.1 Å². The van der Waals surface area contributed by atoms with Crippen molar-refractivity contribution < 1.29 is 13.6 Å². The van der Waals surface area contributed by atoms with Gasteiger partial charge < -0.3 is 10.6 Å². The van der Waals surface area contributed by atoms with Crippen molar-refractivity contribution in [1.82, 2.24) is 10.6 Å². The molecule has 0 fully saturated rings. The van der Waals surface area contributed by atoms with Gasteiger partial charge in [0.15, 0.2) is 0 Å². The first-order chi connectivity index (χ1) is 8.52. The van der Waals surface area contributed by atoms with Crippen LogP contribution >= 0.6 is 11.8 Å². The van der Waals surface area contributed by atoms with E-state index in [0.717, 1.165) is 0 Å². The van der Waals surface area contributed by atoms with Crippen LogP contribution in [0, 0.1) is 0 Å². The van der Waals surface area contributed by atoms with Crippen LogP contribution < -0.4 is 10.6 Å². The molecule has 0 aliphatic carbocycles. The molecule has 1 aromatic rings. The van der Waals surface area contributed by atoms with E-state index in [0.29, 0.717) is 28.8 Å². The van der Waals surface area contributed by atoms with Gasteiger partial charge in [0.25, 0.3) is 11.7 Å². The molecule has 2 N–H and O–H groups in total. The number of likely N-dealkylation sites (N-methyl/N-ethyl adjacent to an activating group) is 1. The van der Waals surface area contributed by atoms with Crippen molar-refractivity contribution >= 4 is 17.7 Å². The molecule has 0 saturated carbocycles. The number of halogens is 2. The van der Waals surface area contributed by atoms with E-state index >= 15 is 0 Å². The van der Waals surface area contributed by atoms with Crippen molar-refractivity contribution in [2.24, 2.45) is 0 Å². The minimum atomic E-state index is -2.44. The topological polar surface area (TPSA) is 41.1 Å². The van der Waals surface area contributed by atoms with Gasteiger partial charge in [-0.3, -0.25) is 4.79 Å². The Hall–Kier alpha value is -1.14. The third kappa shape index (κ3) is 5.01. The molecule has 0 aliphatic heterocycles. The maximum Gasteiger partial charge on any atom is 0.288 e. The summed E-state index contributed by atoms with van der Waals surface area (Å²) in [6.45, 7) is 2.46. The summed E-state index contributed by atoms with van der Waals surface area (Å²) in [7, 11) is 1.81. The minimum Gasteiger partial charge on any atom is -0.350 e. The van der Waals surface area contributed by atoms with Gasteiger partial charge in [0.1, 0.15) is 0 Å². The van der Waals surface area contributed by atoms with Crippen molar-refractivity contribution in [2.45, 2.75) is 23.6 Å². The highest BCUT2D eigenvalue weighted by molar-refractivity contribution is 7.99. The third-order valence-corrected chi connectivity index (χ3v) is 3.13. The van der Waals surface area contributed by atoms with Gasteiger partial charge in [-0.1, -0.05) is 11.8 Å². The number of amides is 1. The summed E-state index contributed by atoms with van der Waals surface area (Å²) in [6, 6.07) is 6.32. The van der Waals surface area contributed by atoms with Crippen LogP contribution in [-0.4, -0.2) is 31.3 Å². The van der Waals surface area contributed by atoms with Gasteiger partial charge in [0, 0.05) is 23.0 Å². The molecule has 0 bridgehead atoms. The van der Waals surface area contributed by atoms with Gasteiger partial charge in [-0.05, 0) is 38.2 Å². The molecule has 100 valence electrons. The van der Waals surface area contributed by atoms with Gasteiger partial charge in [-0.25, -0.2) is 0 Å². The van der Waals surface area contributed by atoms with Crippen molar-refractivity contribution in [3.05, 3.63) is 29.8 Å². The minimum absolute atomic E-state index is 0.183. The lowest BCUT2D eigenvalue weighted by atomic mass is 10.2. The van der Waals surface area contributed by atoms with E-state index in [4.69, 9.17) is 0 Å². The Bertz CT molecular complexity index is 384. The Morgan fingerprint density at radius 1 is 1.33 bits per heavy atom. The summed E-state index contributed by atoms with van der Waals surface area (Å²) in [5.74, 6) is -2.65. The zero-order valence-electron chi connectivity index (χ0n) is 10.2. The molecule has 1 rings (SSSR count). The molecule has 0 aliphatic rings. The van der Waals surface area contributed by atoms with E-state index in [9.17, 15) is 13.6 Å². The van der Waals surface area contributed by atoms with E-state index in [1.807, 2.05) is 14.0 Å². The van der Waals surface area contributed by atoms with Crippen molar-refractivity contribution in [1.29, 1.82) is 0 Å². The first-order valence-electron chi connectivity index (χ1n) is 5.53. The Morgan fingerprint density at radius 3 is 2.44 bits per heavy atom. The van der Waals surface area contributed by atoms with Crippen LogP contribution in [0.5, 0.6) is 0 Å². The molecule has 1 atom stereocenters. The lowest BCUT2D eigenvalue weighted by Gasteiger charge is -2.11. The molecule has 6 heteroatoms. The van der Waals surface area contributed by atoms with Crippen LogP contribution in [0.2, 0.25) is 0 Å². The summed E-state index contributed by atoms with van der Waals surface area (Å²) in [5.41, 5.74) is 0.469. The SMILES string of the molecule is CNC(C)CNC(=O)c1ccc(SC(F)F)cc1. The van der Waals surface area contributed by atoms with E-state index in [-0.39, 0.29) is 11.9 Å². The maximum absolute atomic E-state index is 12.1. The average molecular weight is 274 g/mol. The Kier molecular flexibility index (Phi) is 6.07. The van der Waals surface area contributed by atoms with Crippen LogP contribution in [0.1, 0.15) is 17.3 Å². The summed E-state index contributed by atoms with van der Waals surface area (Å²) < 4.78 is 24.2. The maximum atomic E-state index is 12.1. The first kappa shape index (κ1) is 14.9. The molecule has 0 spiro atoms. The van der Waals surface area contributed by atoms with Gasteiger partial charge >= 0.3 is 0 Å². The number of carbonyl (C=O) groups excluding carboxylic acids is 1. The molecule has 3 nitrogen and oxygen atoms in total. The normalized spacial score (nSPS) is 12.5. The zero-order chi connectivity index (χ0) is 13.5. The summed E-state index contributed by atoms with van der Waals surface area (Å²) >= 11 is 0.466. The Balaban J connectivity index is 2.53. The average Bonchev–Trinajstić information content (AvgIpc) is 2.35. The number of carbonyl (C=O) groups is 1. The molecule has 0 radical (unpaired) electrons. The van der Waals surface area contributed by atoms with Crippen molar-refractivity contribution in [3.8, 4) is 0 Å². The molecule has 0 aromatic heterocycles. The molecule has 1 unspecified atom stereocenters. The highest BCUT2D eigenvalue weighted by Crippen LogP contribution is 2.24. The summed E-state index contributed by atoms with van der Waals surface area (Å²) in [4.78, 5) is 12.2. The van der Waals surface area contributed by atoms with Crippen LogP contribution in [-0.2, 0) is 0 Å². The summed E-state index contributed by atoms with van der Waals surface area (Å²) in [6.07, 6.45) is 0. The number of benzene rings is 1. The standard InChI is InChI=1S/C12H16F2N2OS/c1-8(15-2)7-16-11(17)9-3-5-10(6-4-9)18-12(13)14/h3-6,8,12,15H,7H2,1-2H3,(H,16,17). The highest BCUT2D eigenvalue weighted by atomic mass is 32.2. The van der Waals surface area contributed by atoms with Crippen LogP contribution in [0.25, 0.3) is 0 Å². The van der Waals surface area contributed by atoms with Crippen molar-refractivity contribution in [3.63, 3.8) is 0 Å². The second-order valence-corrected chi connectivity index (χ2v) is 4.87. The van der Waals surface area contributed by atoms with Gasteiger partial charge in [0.2, 0.25) is 0 Å².